The zero-order valence-electron chi connectivity index (χ0n) is 15.8. The lowest BCUT2D eigenvalue weighted by Crippen LogP contribution is -2.48. The number of halogens is 1. The van der Waals surface area contributed by atoms with Gasteiger partial charge in [-0.15, -0.1) is 0 Å². The lowest BCUT2D eigenvalue weighted by molar-refractivity contribution is -0.117. The number of hydrogen-bond acceptors (Lipinski definition) is 3. The van der Waals surface area contributed by atoms with Crippen LogP contribution in [0.15, 0.2) is 36.4 Å². The maximum absolute atomic E-state index is 12.4. The highest BCUT2D eigenvalue weighted by molar-refractivity contribution is 6.30. The maximum atomic E-state index is 12.4. The van der Waals surface area contributed by atoms with Crippen LogP contribution in [0.25, 0.3) is 0 Å². The number of rotatable bonds is 4. The van der Waals surface area contributed by atoms with E-state index in [1.54, 1.807) is 0 Å². The summed E-state index contributed by atoms with van der Waals surface area (Å²) in [4.78, 5) is 17.0. The van der Waals surface area contributed by atoms with Crippen LogP contribution in [0.2, 0.25) is 5.02 Å². The van der Waals surface area contributed by atoms with E-state index >= 15 is 0 Å². The van der Waals surface area contributed by atoms with E-state index in [0.717, 1.165) is 43.3 Å². The smallest absolute Gasteiger partial charge is 0.238 e. The predicted molar refractivity (Wildman–Crippen MR) is 112 cm³/mol. The number of hydrogen-bond donors (Lipinski definition) is 1. The highest BCUT2D eigenvalue weighted by Gasteiger charge is 2.20. The predicted octanol–water partition coefficient (Wildman–Crippen LogP) is 3.90. The van der Waals surface area contributed by atoms with Gasteiger partial charge in [0.2, 0.25) is 5.91 Å². The van der Waals surface area contributed by atoms with Crippen molar-refractivity contribution < 1.29 is 4.79 Å². The van der Waals surface area contributed by atoms with Gasteiger partial charge >= 0.3 is 0 Å². The van der Waals surface area contributed by atoms with Crippen molar-refractivity contribution in [3.05, 3.63) is 58.1 Å². The van der Waals surface area contributed by atoms with Crippen LogP contribution in [-0.2, 0) is 17.6 Å². The Bertz CT molecular complexity index is 843. The van der Waals surface area contributed by atoms with E-state index in [1.165, 1.54) is 35.2 Å². The van der Waals surface area contributed by atoms with Crippen LogP contribution < -0.4 is 10.2 Å². The average molecular weight is 384 g/mol. The van der Waals surface area contributed by atoms with Crippen LogP contribution in [0.4, 0.5) is 11.4 Å². The number of fused-ring (bicyclic) bond motifs is 1. The molecule has 1 aliphatic heterocycles. The molecule has 0 radical (unpaired) electrons. The quantitative estimate of drug-likeness (QED) is 0.869. The van der Waals surface area contributed by atoms with Crippen molar-refractivity contribution in [3.8, 4) is 0 Å². The van der Waals surface area contributed by atoms with Crippen molar-refractivity contribution in [2.24, 2.45) is 0 Å². The van der Waals surface area contributed by atoms with Gasteiger partial charge in [-0.05, 0) is 67.1 Å². The Balaban J connectivity index is 1.30. The van der Waals surface area contributed by atoms with Gasteiger partial charge in [-0.3, -0.25) is 9.69 Å². The molecule has 1 heterocycles. The van der Waals surface area contributed by atoms with Gasteiger partial charge in [-0.25, -0.2) is 0 Å². The number of benzene rings is 2. The van der Waals surface area contributed by atoms with Crippen LogP contribution in [0, 0.1) is 6.92 Å². The van der Waals surface area contributed by atoms with Crippen LogP contribution >= 0.6 is 11.6 Å². The molecule has 4 rings (SSSR count). The second kappa shape index (κ2) is 7.91. The Morgan fingerprint density at radius 1 is 1.04 bits per heavy atom. The highest BCUT2D eigenvalue weighted by Crippen LogP contribution is 2.26. The van der Waals surface area contributed by atoms with Crippen LogP contribution in [0.5, 0.6) is 0 Å². The number of piperazine rings is 1. The largest absolute Gasteiger partial charge is 0.369 e. The topological polar surface area (TPSA) is 35.6 Å². The van der Waals surface area contributed by atoms with Gasteiger partial charge in [0.05, 0.1) is 6.54 Å². The third kappa shape index (κ3) is 4.28. The van der Waals surface area contributed by atoms with Gasteiger partial charge in [-0.1, -0.05) is 23.7 Å². The van der Waals surface area contributed by atoms with Crippen LogP contribution in [0.3, 0.4) is 0 Å². The molecule has 0 unspecified atom stereocenters. The normalized spacial score (nSPS) is 17.0. The van der Waals surface area contributed by atoms with E-state index in [-0.39, 0.29) is 5.91 Å². The fraction of sp³-hybridized carbons (Fsp3) is 0.409. The first-order valence-corrected chi connectivity index (χ1v) is 10.1. The number of anilines is 2. The average Bonchev–Trinajstić information content (AvgIpc) is 3.12. The zero-order chi connectivity index (χ0) is 18.8. The van der Waals surface area contributed by atoms with Crippen molar-refractivity contribution in [1.29, 1.82) is 0 Å². The minimum atomic E-state index is 0.0698. The van der Waals surface area contributed by atoms with E-state index in [9.17, 15) is 4.79 Å². The minimum Gasteiger partial charge on any atom is -0.369 e. The molecule has 0 saturated carbocycles. The Morgan fingerprint density at radius 3 is 2.63 bits per heavy atom. The number of nitrogens with one attached hydrogen (secondary N) is 1. The van der Waals surface area contributed by atoms with Crippen LogP contribution in [0.1, 0.15) is 23.1 Å². The van der Waals surface area contributed by atoms with Gasteiger partial charge in [0.15, 0.2) is 0 Å². The van der Waals surface area contributed by atoms with Crippen molar-refractivity contribution >= 4 is 28.9 Å². The molecule has 1 saturated heterocycles. The second-order valence-corrected chi connectivity index (χ2v) is 8.02. The van der Waals surface area contributed by atoms with E-state index in [1.807, 2.05) is 18.2 Å². The van der Waals surface area contributed by atoms with E-state index < -0.39 is 0 Å². The molecule has 0 atom stereocenters. The molecule has 27 heavy (non-hydrogen) atoms. The van der Waals surface area contributed by atoms with Gasteiger partial charge in [-0.2, -0.15) is 0 Å². The molecule has 2 aliphatic rings. The molecule has 0 aromatic heterocycles. The molecule has 0 spiro atoms. The Kier molecular flexibility index (Phi) is 5.37. The molecular weight excluding hydrogens is 358 g/mol. The summed E-state index contributed by atoms with van der Waals surface area (Å²) in [6, 6.07) is 12.4. The second-order valence-electron chi connectivity index (χ2n) is 7.58. The summed E-state index contributed by atoms with van der Waals surface area (Å²) in [5.41, 5.74) is 6.18. The van der Waals surface area contributed by atoms with Gasteiger partial charge in [0.25, 0.3) is 0 Å². The molecule has 4 nitrogen and oxygen atoms in total. The standard InChI is InChI=1S/C22H26ClN3O/c1-16-5-7-19(23)14-21(16)26-11-9-25(10-12-26)15-22(27)24-20-8-6-17-3-2-4-18(17)13-20/h5-8,13-14H,2-4,9-12,15H2,1H3,(H,24,27). The molecule has 142 valence electrons. The lowest BCUT2D eigenvalue weighted by Gasteiger charge is -2.36. The zero-order valence-corrected chi connectivity index (χ0v) is 16.6. The van der Waals surface area contributed by atoms with Crippen molar-refractivity contribution in [2.45, 2.75) is 26.2 Å². The van der Waals surface area contributed by atoms with Crippen molar-refractivity contribution in [2.75, 3.05) is 42.9 Å². The molecular formula is C22H26ClN3O. The summed E-state index contributed by atoms with van der Waals surface area (Å²) >= 11 is 6.16. The number of carbonyl (C=O) groups is 1. The summed E-state index contributed by atoms with van der Waals surface area (Å²) in [7, 11) is 0. The Morgan fingerprint density at radius 2 is 1.81 bits per heavy atom. The van der Waals surface area contributed by atoms with Gasteiger partial charge in [0, 0.05) is 42.6 Å². The van der Waals surface area contributed by atoms with E-state index in [4.69, 9.17) is 11.6 Å². The molecule has 1 amide bonds. The third-order valence-corrected chi connectivity index (χ3v) is 5.87. The van der Waals surface area contributed by atoms with Gasteiger partial charge < -0.3 is 10.2 Å². The molecule has 1 N–H and O–H groups in total. The van der Waals surface area contributed by atoms with Crippen molar-refractivity contribution in [1.82, 2.24) is 4.90 Å². The summed E-state index contributed by atoms with van der Waals surface area (Å²) in [6.45, 7) is 6.13. The SMILES string of the molecule is Cc1ccc(Cl)cc1N1CCN(CC(=O)Nc2ccc3c(c2)CCC3)CC1. The summed E-state index contributed by atoms with van der Waals surface area (Å²) in [6.07, 6.45) is 3.52. The number of nitrogens with zero attached hydrogens (tertiary/aromatic N) is 2. The summed E-state index contributed by atoms with van der Waals surface area (Å²) in [5.74, 6) is 0.0698. The lowest BCUT2D eigenvalue weighted by atomic mass is 10.1. The molecule has 2 aromatic carbocycles. The van der Waals surface area contributed by atoms with Gasteiger partial charge in [0.1, 0.15) is 0 Å². The molecule has 0 bridgehead atoms. The molecule has 1 aliphatic carbocycles. The Hall–Kier alpha value is -2.04. The molecule has 1 fully saturated rings. The molecule has 2 aromatic rings. The minimum absolute atomic E-state index is 0.0698. The Labute approximate surface area is 166 Å². The number of carbonyl (C=O) groups excluding carboxylic acids is 1. The fourth-order valence-electron chi connectivity index (χ4n) is 4.12. The molecule has 5 heteroatoms. The first-order chi connectivity index (χ1) is 13.1. The summed E-state index contributed by atoms with van der Waals surface area (Å²) in [5, 5.41) is 3.84. The highest BCUT2D eigenvalue weighted by atomic mass is 35.5. The first kappa shape index (κ1) is 18.3. The number of aryl methyl sites for hydroxylation is 3. The maximum Gasteiger partial charge on any atom is 0.238 e. The fourth-order valence-corrected chi connectivity index (χ4v) is 4.29. The van der Waals surface area contributed by atoms with Crippen molar-refractivity contribution in [3.63, 3.8) is 0 Å². The van der Waals surface area contributed by atoms with E-state index in [0.29, 0.717) is 6.54 Å². The monoisotopic (exact) mass is 383 g/mol. The number of amides is 1. The summed E-state index contributed by atoms with van der Waals surface area (Å²) < 4.78 is 0. The van der Waals surface area contributed by atoms with E-state index in [2.05, 4.69) is 40.2 Å². The first-order valence-electron chi connectivity index (χ1n) is 9.73. The third-order valence-electron chi connectivity index (χ3n) is 5.63. The van der Waals surface area contributed by atoms with Crippen LogP contribution in [-0.4, -0.2) is 43.5 Å².